The highest BCUT2D eigenvalue weighted by molar-refractivity contribution is 5.97. The van der Waals surface area contributed by atoms with E-state index in [1.165, 1.54) is 0 Å². The predicted octanol–water partition coefficient (Wildman–Crippen LogP) is 6.14. The fourth-order valence-corrected chi connectivity index (χ4v) is 6.41. The van der Waals surface area contributed by atoms with E-state index in [2.05, 4.69) is 57.6 Å². The van der Waals surface area contributed by atoms with E-state index in [0.717, 1.165) is 40.6 Å². The van der Waals surface area contributed by atoms with Gasteiger partial charge in [-0.2, -0.15) is 0 Å². The predicted molar refractivity (Wildman–Crippen MR) is 185 cm³/mol. The molecule has 1 saturated heterocycles. The highest BCUT2D eigenvalue weighted by atomic mass is 16.5. The number of rotatable bonds is 9. The summed E-state index contributed by atoms with van der Waals surface area (Å²) in [6.45, 7) is 14.5. The number of benzene rings is 1. The number of aliphatic hydroxyl groups is 1. The lowest BCUT2D eigenvalue weighted by molar-refractivity contribution is 0.00174. The van der Waals surface area contributed by atoms with Crippen LogP contribution in [0.2, 0.25) is 0 Å². The molecule has 1 aromatic carbocycles. The van der Waals surface area contributed by atoms with Crippen LogP contribution in [0.25, 0.3) is 5.65 Å². The van der Waals surface area contributed by atoms with Crippen LogP contribution in [-0.4, -0.2) is 67.1 Å². The molecule has 11 heteroatoms. The van der Waals surface area contributed by atoms with Crippen LogP contribution in [0.1, 0.15) is 113 Å². The Morgan fingerprint density at radius 3 is 2.42 bits per heavy atom. The number of Topliss-reactive ketones (excluding diaryl/α,β-unsaturated/α-hetero) is 1. The van der Waals surface area contributed by atoms with Crippen LogP contribution in [0.4, 0.5) is 10.5 Å². The Kier molecular flexibility index (Phi) is 9.28. The van der Waals surface area contributed by atoms with Crippen molar-refractivity contribution in [3.05, 3.63) is 83.1 Å². The maximum atomic E-state index is 13.4. The molecule has 0 unspecified atom stereocenters. The van der Waals surface area contributed by atoms with E-state index in [1.54, 1.807) is 6.07 Å². The maximum absolute atomic E-state index is 13.4. The Labute approximate surface area is 282 Å². The van der Waals surface area contributed by atoms with Gasteiger partial charge in [-0.25, -0.2) is 9.78 Å². The van der Waals surface area contributed by atoms with Gasteiger partial charge in [-0.1, -0.05) is 65.8 Å². The Balaban J connectivity index is 1.14. The minimum Gasteiger partial charge on any atom is -0.484 e. The summed E-state index contributed by atoms with van der Waals surface area (Å²) in [6, 6.07) is 14.9. The van der Waals surface area contributed by atoms with Gasteiger partial charge < -0.3 is 20.5 Å². The molecule has 2 aliphatic rings. The van der Waals surface area contributed by atoms with E-state index in [1.807, 2.05) is 67.8 Å². The topological polar surface area (TPSA) is 134 Å². The average molecular weight is 654 g/mol. The number of likely N-dealkylation sites (tertiary alicyclic amines) is 1. The van der Waals surface area contributed by atoms with Crippen LogP contribution in [0.5, 0.6) is 5.75 Å². The first-order valence-corrected chi connectivity index (χ1v) is 16.9. The number of nitrogens with zero attached hydrogens (tertiary/aromatic N) is 5. The molecular weight excluding hydrogens is 606 g/mol. The van der Waals surface area contributed by atoms with E-state index in [9.17, 15) is 14.7 Å². The Morgan fingerprint density at radius 1 is 0.958 bits per heavy atom. The summed E-state index contributed by atoms with van der Waals surface area (Å²) in [4.78, 5) is 33.4. The van der Waals surface area contributed by atoms with Crippen LogP contribution >= 0.6 is 0 Å². The molecular formula is C37H47N7O4. The fourth-order valence-electron chi connectivity index (χ4n) is 6.41. The zero-order valence-electron chi connectivity index (χ0n) is 28.8. The van der Waals surface area contributed by atoms with Gasteiger partial charge in [-0.05, 0) is 61.2 Å². The molecule has 0 radical (unpaired) electrons. The molecule has 2 amide bonds. The van der Waals surface area contributed by atoms with E-state index < -0.39 is 0 Å². The number of aliphatic hydroxyl groups excluding tert-OH is 1. The number of amides is 2. The van der Waals surface area contributed by atoms with E-state index >= 15 is 0 Å². The zero-order chi connectivity index (χ0) is 34.2. The summed E-state index contributed by atoms with van der Waals surface area (Å²) in [5.74, 6) is 1.54. The van der Waals surface area contributed by atoms with Gasteiger partial charge >= 0.3 is 6.03 Å². The van der Waals surface area contributed by atoms with E-state index in [4.69, 9.17) is 4.74 Å². The van der Waals surface area contributed by atoms with E-state index in [-0.39, 0.29) is 40.9 Å². The second kappa shape index (κ2) is 13.3. The quantitative estimate of drug-likeness (QED) is 0.184. The SMILES string of the molecule is CC(C)(C)c1cc(NC(=O)N[C@H]2CC[C@@H](Oc3ccc4nnc(C(C)(C)C)n4c3)c3ccccc32)cc(C(=O)CCCN2CC(O)C2)n1. The van der Waals surface area contributed by atoms with Gasteiger partial charge in [0, 0.05) is 41.7 Å². The van der Waals surface area contributed by atoms with E-state index in [0.29, 0.717) is 50.2 Å². The van der Waals surface area contributed by atoms with Gasteiger partial charge in [0.05, 0.1) is 18.3 Å². The summed E-state index contributed by atoms with van der Waals surface area (Å²) >= 11 is 0. The monoisotopic (exact) mass is 653 g/mol. The van der Waals surface area contributed by atoms with Crippen molar-refractivity contribution in [3.63, 3.8) is 0 Å². The second-order valence-corrected chi connectivity index (χ2v) is 15.1. The molecule has 11 nitrogen and oxygen atoms in total. The molecule has 1 aliphatic heterocycles. The first kappa shape index (κ1) is 33.5. The molecule has 0 saturated carbocycles. The fraction of sp³-hybridized carbons (Fsp3) is 0.486. The van der Waals surface area contributed by atoms with Crippen LogP contribution in [-0.2, 0) is 10.8 Å². The molecule has 1 fully saturated rings. The number of hydrogen-bond donors (Lipinski definition) is 3. The van der Waals surface area contributed by atoms with Crippen LogP contribution in [0, 0.1) is 0 Å². The molecule has 0 spiro atoms. The molecule has 6 rings (SSSR count). The summed E-state index contributed by atoms with van der Waals surface area (Å²) < 4.78 is 8.54. The number of carbonyl (C=O) groups excluding carboxylic acids is 2. The normalized spacial score (nSPS) is 18.6. The van der Waals surface area contributed by atoms with Crippen molar-refractivity contribution in [1.29, 1.82) is 0 Å². The van der Waals surface area contributed by atoms with Gasteiger partial charge in [0.1, 0.15) is 23.4 Å². The summed E-state index contributed by atoms with van der Waals surface area (Å²) in [7, 11) is 0. The summed E-state index contributed by atoms with van der Waals surface area (Å²) in [5.41, 5.74) is 3.95. The lowest BCUT2D eigenvalue weighted by Crippen LogP contribution is -2.50. The van der Waals surface area contributed by atoms with Crippen molar-refractivity contribution < 1.29 is 19.4 Å². The molecule has 3 N–H and O–H groups in total. The van der Waals surface area contributed by atoms with Crippen molar-refractivity contribution in [1.82, 2.24) is 29.8 Å². The maximum Gasteiger partial charge on any atom is 0.319 e. The van der Waals surface area contributed by atoms with Gasteiger partial charge in [0.2, 0.25) is 0 Å². The molecule has 1 aliphatic carbocycles. The van der Waals surface area contributed by atoms with Crippen molar-refractivity contribution in [3.8, 4) is 5.75 Å². The first-order chi connectivity index (χ1) is 22.7. The Morgan fingerprint density at radius 2 is 1.71 bits per heavy atom. The van der Waals surface area contributed by atoms with Crippen molar-refractivity contribution in [2.45, 2.75) is 96.3 Å². The number of nitrogens with one attached hydrogen (secondary N) is 2. The number of carbonyl (C=O) groups is 2. The Bertz CT molecular complexity index is 1800. The molecule has 4 aromatic rings. The molecule has 0 bridgehead atoms. The van der Waals surface area contributed by atoms with Crippen LogP contribution in [0.15, 0.2) is 54.7 Å². The third-order valence-electron chi connectivity index (χ3n) is 9.02. The largest absolute Gasteiger partial charge is 0.484 e. The van der Waals surface area contributed by atoms with Gasteiger partial charge in [-0.3, -0.25) is 14.1 Å². The molecule has 3 aromatic heterocycles. The summed E-state index contributed by atoms with van der Waals surface area (Å²) in [5, 5.41) is 24.4. The van der Waals surface area contributed by atoms with Crippen molar-refractivity contribution in [2.75, 3.05) is 25.0 Å². The van der Waals surface area contributed by atoms with Gasteiger partial charge in [0.15, 0.2) is 11.4 Å². The standard InChI is InChI=1S/C37H47N7O4/c1-36(2,3)32-19-23(18-29(39-32)30(46)12-9-17-43-20-24(45)21-43)38-35(47)40-28-14-15-31(27-11-8-7-10-26(27)28)48-25-13-16-33-41-42-34(37(4,5)6)44(33)22-25/h7-8,10-11,13,16,18-19,22,24,28,31,45H,9,12,14-15,17,20-21H2,1-6H3,(H2,38,39,40,47)/t28-,31+/m0/s1. The minimum absolute atomic E-state index is 0.0593. The molecule has 48 heavy (non-hydrogen) atoms. The smallest absolute Gasteiger partial charge is 0.319 e. The average Bonchev–Trinajstić information content (AvgIpc) is 3.45. The highest BCUT2D eigenvalue weighted by Gasteiger charge is 2.30. The highest BCUT2D eigenvalue weighted by Crippen LogP contribution is 2.39. The number of aromatic nitrogens is 4. The molecule has 4 heterocycles. The third-order valence-corrected chi connectivity index (χ3v) is 9.02. The number of ketones is 1. The number of fused-ring (bicyclic) bond motifs is 2. The number of anilines is 1. The zero-order valence-corrected chi connectivity index (χ0v) is 28.8. The van der Waals surface area contributed by atoms with Crippen molar-refractivity contribution in [2.24, 2.45) is 0 Å². The second-order valence-electron chi connectivity index (χ2n) is 15.1. The van der Waals surface area contributed by atoms with Crippen LogP contribution < -0.4 is 15.4 Å². The number of ether oxygens (including phenoxy) is 1. The number of β-amino-alcohol motifs (C(OH)–C–C–N with tert-alkyl or cyclic N) is 1. The minimum atomic E-state index is -0.345. The molecule has 2 atom stereocenters. The summed E-state index contributed by atoms with van der Waals surface area (Å²) in [6.07, 6.45) is 3.97. The van der Waals surface area contributed by atoms with Crippen molar-refractivity contribution >= 4 is 23.1 Å². The lowest BCUT2D eigenvalue weighted by Gasteiger charge is -2.35. The third kappa shape index (κ3) is 7.52. The van der Waals surface area contributed by atoms with Gasteiger partial charge in [-0.15, -0.1) is 10.2 Å². The number of urea groups is 1. The number of pyridine rings is 2. The van der Waals surface area contributed by atoms with Crippen LogP contribution in [0.3, 0.4) is 0 Å². The molecule has 254 valence electrons. The Hall–Kier alpha value is -4.35. The first-order valence-electron chi connectivity index (χ1n) is 16.9. The van der Waals surface area contributed by atoms with Gasteiger partial charge in [0.25, 0.3) is 0 Å². The number of hydrogen-bond acceptors (Lipinski definition) is 8. The lowest BCUT2D eigenvalue weighted by atomic mass is 9.85.